The highest BCUT2D eigenvalue weighted by Gasteiger charge is 2.39. The Morgan fingerprint density at radius 1 is 1.02 bits per heavy atom. The fourth-order valence-corrected chi connectivity index (χ4v) is 10.2. The molecule has 334 valence electrons. The molecule has 1 aromatic heterocycles. The van der Waals surface area contributed by atoms with Gasteiger partial charge in [0.2, 0.25) is 0 Å². The Morgan fingerprint density at radius 2 is 1.79 bits per heavy atom. The molecule has 0 radical (unpaired) electrons. The van der Waals surface area contributed by atoms with Crippen LogP contribution in [0.15, 0.2) is 53.2 Å². The molecule has 2 amide bonds. The number of hydrogen-bond acceptors (Lipinski definition) is 10. The molecule has 0 saturated carbocycles. The zero-order valence-electron chi connectivity index (χ0n) is 38.1. The topological polar surface area (TPSA) is 130 Å². The van der Waals surface area contributed by atoms with Crippen LogP contribution in [0.1, 0.15) is 97.4 Å². The van der Waals surface area contributed by atoms with Gasteiger partial charge in [-0.15, -0.1) is 0 Å². The van der Waals surface area contributed by atoms with Gasteiger partial charge < -0.3 is 24.1 Å². The molecule has 8 rings (SSSR count). The van der Waals surface area contributed by atoms with Crippen molar-refractivity contribution >= 4 is 40.7 Å². The summed E-state index contributed by atoms with van der Waals surface area (Å²) in [5.74, 6) is -0.739. The number of carbonyl (C=O) groups is 3. The Morgan fingerprint density at radius 3 is 2.56 bits per heavy atom. The minimum Gasteiger partial charge on any atom is -0.464 e. The molecule has 13 heteroatoms. The van der Waals surface area contributed by atoms with Crippen molar-refractivity contribution in [2.75, 3.05) is 46.4 Å². The largest absolute Gasteiger partial charge is 0.464 e. The molecule has 6 heterocycles. The van der Waals surface area contributed by atoms with Gasteiger partial charge in [-0.2, -0.15) is 0 Å². The summed E-state index contributed by atoms with van der Waals surface area (Å²) in [6, 6.07) is 14.0. The number of esters is 1. The van der Waals surface area contributed by atoms with Crippen molar-refractivity contribution in [3.05, 3.63) is 65.0 Å². The molecule has 13 nitrogen and oxygen atoms in total. The summed E-state index contributed by atoms with van der Waals surface area (Å²) in [4.78, 5) is 51.9. The van der Waals surface area contributed by atoms with Crippen molar-refractivity contribution in [1.82, 2.24) is 30.1 Å². The number of carbonyl (C=O) groups excluding carboxylic acids is 3. The van der Waals surface area contributed by atoms with E-state index in [1.165, 1.54) is 41.2 Å². The summed E-state index contributed by atoms with van der Waals surface area (Å²) in [7, 11) is 1.76. The number of fused-ring (bicyclic) bond motifs is 7. The number of aliphatic imine (C=N–C) groups is 1. The van der Waals surface area contributed by atoms with E-state index >= 15 is 0 Å². The molecule has 5 atom stereocenters. The molecule has 5 aliphatic heterocycles. The van der Waals surface area contributed by atoms with Gasteiger partial charge in [0.05, 0.1) is 24.1 Å². The number of benzene rings is 2. The molecule has 2 N–H and O–H groups in total. The Kier molecular flexibility index (Phi) is 12.7. The molecule has 1 unspecified atom stereocenters. The Hall–Kier alpha value is -4.56. The van der Waals surface area contributed by atoms with E-state index in [0.29, 0.717) is 31.8 Å². The van der Waals surface area contributed by atoms with Gasteiger partial charge in [-0.25, -0.2) is 10.2 Å². The number of piperazine rings is 1. The number of alkyl carbamates (subject to hydrolysis) is 1. The van der Waals surface area contributed by atoms with Gasteiger partial charge in [0.25, 0.3) is 5.91 Å². The smallest absolute Gasteiger partial charge is 0.408 e. The average molecular weight is 850 g/mol. The van der Waals surface area contributed by atoms with E-state index in [1.54, 1.807) is 27.9 Å². The lowest BCUT2D eigenvalue weighted by Gasteiger charge is -2.42. The number of nitrogens with one attached hydrogen (secondary N) is 2. The first-order chi connectivity index (χ1) is 29.6. The van der Waals surface area contributed by atoms with E-state index < -0.39 is 35.2 Å². The molecule has 3 saturated heterocycles. The zero-order chi connectivity index (χ0) is 43.9. The van der Waals surface area contributed by atoms with E-state index in [2.05, 4.69) is 89.4 Å². The maximum absolute atomic E-state index is 14.2. The number of cyclic esters (lactones) is 1. The Balaban J connectivity index is 1.24. The first-order valence-corrected chi connectivity index (χ1v) is 22.9. The van der Waals surface area contributed by atoms with Crippen LogP contribution in [-0.2, 0) is 43.2 Å². The van der Waals surface area contributed by atoms with Crippen molar-refractivity contribution in [3.63, 3.8) is 0 Å². The third kappa shape index (κ3) is 9.37. The maximum atomic E-state index is 14.2. The Bertz CT molecular complexity index is 2240. The number of amides is 2. The van der Waals surface area contributed by atoms with E-state index in [4.69, 9.17) is 19.2 Å². The third-order valence-electron chi connectivity index (χ3n) is 13.4. The van der Waals surface area contributed by atoms with Crippen LogP contribution in [0.25, 0.3) is 27.6 Å². The summed E-state index contributed by atoms with van der Waals surface area (Å²) >= 11 is 0. The Labute approximate surface area is 367 Å². The lowest BCUT2D eigenvalue weighted by molar-refractivity contribution is -0.155. The minimum atomic E-state index is -0.948. The molecule has 62 heavy (non-hydrogen) atoms. The van der Waals surface area contributed by atoms with Gasteiger partial charge in [-0.3, -0.25) is 29.4 Å². The van der Waals surface area contributed by atoms with Gasteiger partial charge in [0, 0.05) is 86.4 Å². The van der Waals surface area contributed by atoms with Gasteiger partial charge in [-0.05, 0) is 114 Å². The van der Waals surface area contributed by atoms with E-state index in [-0.39, 0.29) is 31.1 Å². The predicted molar refractivity (Wildman–Crippen MR) is 243 cm³/mol. The van der Waals surface area contributed by atoms with Gasteiger partial charge in [0.1, 0.15) is 17.7 Å². The number of hydrogen-bond donors (Lipinski definition) is 2. The number of nitrogens with zero attached hydrogens (tertiary/aromatic N) is 5. The van der Waals surface area contributed by atoms with Crippen molar-refractivity contribution in [2.45, 2.75) is 136 Å². The number of aromatic nitrogens is 1. The number of rotatable bonds is 6. The lowest BCUT2D eigenvalue weighted by atomic mass is 9.83. The molecule has 3 aromatic rings. The van der Waals surface area contributed by atoms with Crippen LogP contribution in [0.3, 0.4) is 0 Å². The third-order valence-corrected chi connectivity index (χ3v) is 13.4. The number of aryl methyl sites for hydroxylation is 1. The highest BCUT2D eigenvalue weighted by atomic mass is 16.6. The molecule has 0 spiro atoms. The quantitative estimate of drug-likeness (QED) is 0.259. The van der Waals surface area contributed by atoms with E-state index in [9.17, 15) is 14.4 Å². The van der Waals surface area contributed by atoms with Crippen molar-refractivity contribution in [2.24, 2.45) is 10.4 Å². The normalized spacial score (nSPS) is 25.6. The molecule has 2 aromatic carbocycles. The SMILES string of the molecule is CCn1c(C2=C([C@H](C)OC)N=CC(N3CCN4CCC[C@@H]4C3)C2)c2c3cc(ccc31)-c1cccc(c1)C[C@H](NC(=O)OC(C)(C)C)C(=O)N1CCC[C@H](N1)C(=O)OCC(C)(C)C2. The standard InChI is InChI=1S/C49H67N7O6/c1-9-55-42-18-17-34-25-37(42)39(44(55)38-26-36(28-50-43(38)31(2)60-8)54-22-21-53-19-11-15-35(53)29-54)27-49(6,7)30-61-46(58)40-16-12-20-56(52-40)45(57)41(51-47(59)62-48(3,4)5)24-32-13-10-14-33(34)23-32/h10,13-14,17-18,23,25,28,31,35-36,40-41,52H,9,11-12,15-16,19-22,24,26-27,29-30H2,1-8H3,(H,51,59)/t31-,35+,36?,40-,41-/m0/s1. The van der Waals surface area contributed by atoms with Gasteiger partial charge in [-0.1, -0.05) is 44.2 Å². The van der Waals surface area contributed by atoms with E-state index in [0.717, 1.165) is 65.9 Å². The minimum absolute atomic E-state index is 0.172. The summed E-state index contributed by atoms with van der Waals surface area (Å²) in [6.07, 6.45) is 6.64. The molecular weight excluding hydrogens is 783 g/mol. The highest BCUT2D eigenvalue weighted by molar-refractivity contribution is 5.95. The first kappa shape index (κ1) is 44.1. The van der Waals surface area contributed by atoms with Gasteiger partial charge in [0.15, 0.2) is 0 Å². The first-order valence-electron chi connectivity index (χ1n) is 22.9. The molecular formula is C49H67N7O6. The molecule has 5 aliphatic rings. The van der Waals surface area contributed by atoms with Crippen LogP contribution in [0.5, 0.6) is 0 Å². The summed E-state index contributed by atoms with van der Waals surface area (Å²) < 4.78 is 20.3. The number of ether oxygens (including phenoxy) is 3. The maximum Gasteiger partial charge on any atom is 0.408 e. The second kappa shape index (κ2) is 17.9. The summed E-state index contributed by atoms with van der Waals surface area (Å²) in [5.41, 5.74) is 10.6. The fourth-order valence-electron chi connectivity index (χ4n) is 10.2. The average Bonchev–Trinajstić information content (AvgIpc) is 3.85. The molecule has 6 bridgehead atoms. The van der Waals surface area contributed by atoms with Crippen LogP contribution in [-0.4, -0.2) is 126 Å². The van der Waals surface area contributed by atoms with E-state index in [1.807, 2.05) is 12.1 Å². The van der Waals surface area contributed by atoms with Crippen molar-refractivity contribution in [1.29, 1.82) is 0 Å². The highest BCUT2D eigenvalue weighted by Crippen LogP contribution is 2.43. The van der Waals surface area contributed by atoms with Crippen molar-refractivity contribution in [3.8, 4) is 11.1 Å². The lowest BCUT2D eigenvalue weighted by Crippen LogP contribution is -2.60. The van der Waals surface area contributed by atoms with Gasteiger partial charge >= 0.3 is 12.1 Å². The van der Waals surface area contributed by atoms with Crippen LogP contribution < -0.4 is 10.7 Å². The fraction of sp³-hybridized carbons (Fsp3) is 0.592. The predicted octanol–water partition coefficient (Wildman–Crippen LogP) is 6.75. The number of methoxy groups -OCH3 is 1. The second-order valence-corrected chi connectivity index (χ2v) is 19.8. The zero-order valence-corrected chi connectivity index (χ0v) is 38.1. The molecule has 0 aliphatic carbocycles. The second-order valence-electron chi connectivity index (χ2n) is 19.8. The van der Waals surface area contributed by atoms with Crippen LogP contribution in [0.2, 0.25) is 0 Å². The van der Waals surface area contributed by atoms with Crippen LogP contribution >= 0.6 is 0 Å². The number of hydrazine groups is 1. The van der Waals surface area contributed by atoms with Crippen LogP contribution in [0, 0.1) is 5.41 Å². The summed E-state index contributed by atoms with van der Waals surface area (Å²) in [5, 5.41) is 5.47. The summed E-state index contributed by atoms with van der Waals surface area (Å²) in [6.45, 7) is 19.7. The van der Waals surface area contributed by atoms with Crippen LogP contribution in [0.4, 0.5) is 4.79 Å². The van der Waals surface area contributed by atoms with Crippen molar-refractivity contribution < 1.29 is 28.6 Å². The molecule has 3 fully saturated rings. The monoisotopic (exact) mass is 850 g/mol.